The van der Waals surface area contributed by atoms with Gasteiger partial charge in [0.25, 0.3) is 5.91 Å². The number of carbonyl (C=O) groups excluding carboxylic acids is 1. The highest BCUT2D eigenvalue weighted by Gasteiger charge is 2.20. The van der Waals surface area contributed by atoms with Gasteiger partial charge in [0.05, 0.1) is 19.2 Å². The van der Waals surface area contributed by atoms with E-state index in [0.29, 0.717) is 18.8 Å². The van der Waals surface area contributed by atoms with Crippen molar-refractivity contribution in [3.63, 3.8) is 0 Å². The smallest absolute Gasteiger partial charge is 0.258 e. The Labute approximate surface area is 127 Å². The number of hydrogen-bond donors (Lipinski definition) is 0. The number of rotatable bonds is 6. The first kappa shape index (κ1) is 15.3. The van der Waals surface area contributed by atoms with Crippen molar-refractivity contribution >= 4 is 17.2 Å². The summed E-state index contributed by atoms with van der Waals surface area (Å²) < 4.78 is 18.6. The number of amides is 1. The number of thiophene rings is 1. The number of ether oxygens (including phenoxy) is 1. The van der Waals surface area contributed by atoms with Gasteiger partial charge in [0, 0.05) is 11.4 Å². The van der Waals surface area contributed by atoms with E-state index in [9.17, 15) is 9.18 Å². The lowest BCUT2D eigenvalue weighted by molar-refractivity contribution is 0.0760. The van der Waals surface area contributed by atoms with Crippen molar-refractivity contribution in [2.24, 2.45) is 0 Å². The van der Waals surface area contributed by atoms with Gasteiger partial charge in [-0.05, 0) is 29.6 Å². The lowest BCUT2D eigenvalue weighted by atomic mass is 10.1. The van der Waals surface area contributed by atoms with E-state index >= 15 is 0 Å². The highest BCUT2D eigenvalue weighted by molar-refractivity contribution is 7.09. The van der Waals surface area contributed by atoms with E-state index in [4.69, 9.17) is 4.74 Å². The van der Waals surface area contributed by atoms with Gasteiger partial charge < -0.3 is 9.64 Å². The van der Waals surface area contributed by atoms with E-state index in [1.807, 2.05) is 17.5 Å². The monoisotopic (exact) mass is 305 g/mol. The van der Waals surface area contributed by atoms with Gasteiger partial charge in [-0.25, -0.2) is 4.39 Å². The highest BCUT2D eigenvalue weighted by atomic mass is 32.1. The zero-order chi connectivity index (χ0) is 15.2. The van der Waals surface area contributed by atoms with Crippen LogP contribution in [0.25, 0.3) is 0 Å². The molecule has 0 radical (unpaired) electrons. The Kier molecular flexibility index (Phi) is 5.11. The van der Waals surface area contributed by atoms with E-state index in [1.54, 1.807) is 22.3 Å². The standard InChI is InChI=1S/C16H16FNO2S/c1-3-8-18(11-13-5-4-9-21-13)16(19)14-10-12(17)6-7-15(14)20-2/h3-7,9-10H,1,8,11H2,2H3. The van der Waals surface area contributed by atoms with Crippen molar-refractivity contribution in [3.05, 3.63) is 64.6 Å². The fourth-order valence-corrected chi connectivity index (χ4v) is 2.70. The van der Waals surface area contributed by atoms with Crippen LogP contribution in [0.1, 0.15) is 15.2 Å². The third-order valence-electron chi connectivity index (χ3n) is 2.96. The summed E-state index contributed by atoms with van der Waals surface area (Å²) in [5.74, 6) is -0.380. The fraction of sp³-hybridized carbons (Fsp3) is 0.188. The third-order valence-corrected chi connectivity index (χ3v) is 3.82. The molecule has 0 bridgehead atoms. The Morgan fingerprint density at radius 3 is 2.90 bits per heavy atom. The van der Waals surface area contributed by atoms with Gasteiger partial charge in [0.15, 0.2) is 0 Å². The molecule has 5 heteroatoms. The zero-order valence-electron chi connectivity index (χ0n) is 11.7. The van der Waals surface area contributed by atoms with Crippen LogP contribution in [0.4, 0.5) is 4.39 Å². The van der Waals surface area contributed by atoms with Crippen LogP contribution in [-0.2, 0) is 6.54 Å². The first-order chi connectivity index (χ1) is 10.2. The predicted molar refractivity (Wildman–Crippen MR) is 82.2 cm³/mol. The molecule has 0 aliphatic rings. The van der Waals surface area contributed by atoms with E-state index in [1.165, 1.54) is 25.3 Å². The fourth-order valence-electron chi connectivity index (χ4n) is 1.98. The molecule has 1 aromatic carbocycles. The van der Waals surface area contributed by atoms with E-state index in [0.717, 1.165) is 4.88 Å². The van der Waals surface area contributed by atoms with Crippen molar-refractivity contribution in [2.45, 2.75) is 6.54 Å². The number of methoxy groups -OCH3 is 1. The molecule has 0 aliphatic carbocycles. The van der Waals surface area contributed by atoms with Gasteiger partial charge in [-0.3, -0.25) is 4.79 Å². The van der Waals surface area contributed by atoms with Crippen LogP contribution < -0.4 is 4.74 Å². The van der Waals surface area contributed by atoms with Gasteiger partial charge in [0.2, 0.25) is 0 Å². The second-order valence-corrected chi connectivity index (χ2v) is 5.43. The molecule has 0 spiro atoms. The molecule has 0 atom stereocenters. The minimum atomic E-state index is -0.464. The minimum Gasteiger partial charge on any atom is -0.496 e. The number of nitrogens with zero attached hydrogens (tertiary/aromatic N) is 1. The summed E-state index contributed by atoms with van der Waals surface area (Å²) in [6.07, 6.45) is 1.65. The van der Waals surface area contributed by atoms with Crippen LogP contribution in [0.3, 0.4) is 0 Å². The van der Waals surface area contributed by atoms with Crippen molar-refractivity contribution in [3.8, 4) is 5.75 Å². The van der Waals surface area contributed by atoms with E-state index < -0.39 is 5.82 Å². The van der Waals surface area contributed by atoms with Gasteiger partial charge >= 0.3 is 0 Å². The first-order valence-corrected chi connectivity index (χ1v) is 7.29. The summed E-state index contributed by atoms with van der Waals surface area (Å²) in [5, 5.41) is 1.95. The maximum absolute atomic E-state index is 13.4. The molecule has 1 amide bonds. The predicted octanol–water partition coefficient (Wildman–Crippen LogP) is 3.72. The molecule has 0 saturated heterocycles. The molecule has 0 saturated carbocycles. The molecule has 3 nitrogen and oxygen atoms in total. The Morgan fingerprint density at radius 2 is 2.29 bits per heavy atom. The largest absolute Gasteiger partial charge is 0.496 e. The number of hydrogen-bond acceptors (Lipinski definition) is 3. The minimum absolute atomic E-state index is 0.218. The molecule has 2 aromatic rings. The van der Waals surface area contributed by atoms with E-state index in [2.05, 4.69) is 6.58 Å². The maximum Gasteiger partial charge on any atom is 0.258 e. The summed E-state index contributed by atoms with van der Waals surface area (Å²) >= 11 is 1.57. The average molecular weight is 305 g/mol. The lowest BCUT2D eigenvalue weighted by Gasteiger charge is -2.21. The van der Waals surface area contributed by atoms with Crippen molar-refractivity contribution < 1.29 is 13.9 Å². The number of halogens is 1. The second-order valence-electron chi connectivity index (χ2n) is 4.40. The molecular weight excluding hydrogens is 289 g/mol. The molecule has 0 fully saturated rings. The summed E-state index contributed by atoms with van der Waals surface area (Å²) in [6.45, 7) is 4.52. The first-order valence-electron chi connectivity index (χ1n) is 6.41. The van der Waals surface area contributed by atoms with Crippen LogP contribution in [0.15, 0.2) is 48.4 Å². The number of benzene rings is 1. The molecule has 1 aromatic heterocycles. The van der Waals surface area contributed by atoms with Crippen LogP contribution in [0.5, 0.6) is 5.75 Å². The normalized spacial score (nSPS) is 10.2. The Hall–Kier alpha value is -2.14. The molecular formula is C16H16FNO2S. The summed E-state index contributed by atoms with van der Waals surface area (Å²) in [7, 11) is 1.46. The molecule has 0 unspecified atom stereocenters. The van der Waals surface area contributed by atoms with Gasteiger partial charge in [-0.15, -0.1) is 17.9 Å². The van der Waals surface area contributed by atoms with Crippen molar-refractivity contribution in [1.82, 2.24) is 4.90 Å². The van der Waals surface area contributed by atoms with Crippen molar-refractivity contribution in [1.29, 1.82) is 0 Å². The molecule has 0 N–H and O–H groups in total. The Balaban J connectivity index is 2.29. The van der Waals surface area contributed by atoms with E-state index in [-0.39, 0.29) is 11.5 Å². The maximum atomic E-state index is 13.4. The van der Waals surface area contributed by atoms with Crippen LogP contribution in [0, 0.1) is 5.82 Å². The summed E-state index contributed by atoms with van der Waals surface area (Å²) in [5.41, 5.74) is 0.218. The summed E-state index contributed by atoms with van der Waals surface area (Å²) in [6, 6.07) is 7.81. The van der Waals surface area contributed by atoms with Crippen LogP contribution in [0.2, 0.25) is 0 Å². The second kappa shape index (κ2) is 7.04. The number of carbonyl (C=O) groups is 1. The molecule has 2 rings (SSSR count). The van der Waals surface area contributed by atoms with Crippen molar-refractivity contribution in [2.75, 3.05) is 13.7 Å². The average Bonchev–Trinajstić information content (AvgIpc) is 2.99. The SMILES string of the molecule is C=CCN(Cc1cccs1)C(=O)c1cc(F)ccc1OC. The zero-order valence-corrected chi connectivity index (χ0v) is 12.5. The summed E-state index contributed by atoms with van der Waals surface area (Å²) in [4.78, 5) is 15.3. The molecule has 21 heavy (non-hydrogen) atoms. The van der Waals surface area contributed by atoms with Crippen LogP contribution >= 0.6 is 11.3 Å². The lowest BCUT2D eigenvalue weighted by Crippen LogP contribution is -2.30. The van der Waals surface area contributed by atoms with Gasteiger partial charge in [-0.2, -0.15) is 0 Å². The Morgan fingerprint density at radius 1 is 1.48 bits per heavy atom. The van der Waals surface area contributed by atoms with Crippen LogP contribution in [-0.4, -0.2) is 24.5 Å². The third kappa shape index (κ3) is 3.70. The Bertz CT molecular complexity index is 625. The van der Waals surface area contributed by atoms with Gasteiger partial charge in [-0.1, -0.05) is 12.1 Å². The van der Waals surface area contributed by atoms with Gasteiger partial charge in [0.1, 0.15) is 11.6 Å². The quantitative estimate of drug-likeness (QED) is 0.761. The topological polar surface area (TPSA) is 29.5 Å². The molecule has 0 aliphatic heterocycles. The molecule has 110 valence electrons. The highest BCUT2D eigenvalue weighted by Crippen LogP contribution is 2.22. The molecule has 1 heterocycles.